The summed E-state index contributed by atoms with van der Waals surface area (Å²) in [5, 5.41) is 11.7. The van der Waals surface area contributed by atoms with Crippen LogP contribution in [0.5, 0.6) is 0 Å². The van der Waals surface area contributed by atoms with Gasteiger partial charge in [0.1, 0.15) is 11.6 Å². The zero-order chi connectivity index (χ0) is 23.3. The number of anilines is 1. The minimum atomic E-state index is -1.20. The van der Waals surface area contributed by atoms with Gasteiger partial charge in [-0.05, 0) is 48.5 Å². The molecule has 0 fully saturated rings. The Balaban J connectivity index is 1.66. The summed E-state index contributed by atoms with van der Waals surface area (Å²) in [5.74, 6) is -4.97. The number of Topliss-reactive ketones (excluding diaryl/α,β-unsaturated/α-hetero) is 1. The van der Waals surface area contributed by atoms with Gasteiger partial charge in [0.05, 0.1) is 11.3 Å². The van der Waals surface area contributed by atoms with E-state index in [9.17, 15) is 23.5 Å². The number of benzene rings is 2. The summed E-state index contributed by atoms with van der Waals surface area (Å²) >= 11 is 6.00. The van der Waals surface area contributed by atoms with E-state index < -0.39 is 35.1 Å². The van der Waals surface area contributed by atoms with Gasteiger partial charge in [-0.1, -0.05) is 17.7 Å². The number of pyridine rings is 1. The summed E-state index contributed by atoms with van der Waals surface area (Å²) in [6, 6.07) is 12.7. The van der Waals surface area contributed by atoms with Crippen molar-refractivity contribution in [2.45, 2.75) is 6.04 Å². The summed E-state index contributed by atoms with van der Waals surface area (Å²) < 4.78 is 33.1. The number of aliphatic hydroxyl groups excluding tert-OH is 1. The van der Waals surface area contributed by atoms with Gasteiger partial charge in [-0.25, -0.2) is 8.78 Å². The van der Waals surface area contributed by atoms with E-state index in [2.05, 4.69) is 4.98 Å². The van der Waals surface area contributed by atoms with Crippen LogP contribution in [0, 0.1) is 11.6 Å². The van der Waals surface area contributed by atoms with Gasteiger partial charge in [0.2, 0.25) is 5.78 Å². The van der Waals surface area contributed by atoms with Gasteiger partial charge in [0, 0.05) is 28.4 Å². The monoisotopic (exact) mass is 466 g/mol. The quantitative estimate of drug-likeness (QED) is 0.399. The van der Waals surface area contributed by atoms with Crippen molar-refractivity contribution in [3.8, 4) is 0 Å². The van der Waals surface area contributed by atoms with Crippen LogP contribution in [0.15, 0.2) is 82.6 Å². The average molecular weight is 467 g/mol. The maximum absolute atomic E-state index is 14.0. The predicted octanol–water partition coefficient (Wildman–Crippen LogP) is 5.54. The molecule has 0 radical (unpaired) electrons. The number of furan rings is 1. The number of carbonyl (C=O) groups is 2. The van der Waals surface area contributed by atoms with E-state index in [4.69, 9.17) is 16.0 Å². The van der Waals surface area contributed by atoms with Crippen molar-refractivity contribution in [1.82, 2.24) is 4.98 Å². The molecule has 1 unspecified atom stereocenters. The van der Waals surface area contributed by atoms with E-state index in [-0.39, 0.29) is 22.7 Å². The highest BCUT2D eigenvalue weighted by atomic mass is 35.5. The van der Waals surface area contributed by atoms with Crippen molar-refractivity contribution < 1.29 is 27.9 Å². The molecule has 1 aliphatic heterocycles. The summed E-state index contributed by atoms with van der Waals surface area (Å²) in [7, 11) is 0. The summed E-state index contributed by atoms with van der Waals surface area (Å²) in [5.41, 5.74) is 0.273. The average Bonchev–Trinajstić information content (AvgIpc) is 3.34. The molecule has 0 aliphatic carbocycles. The van der Waals surface area contributed by atoms with Gasteiger partial charge >= 0.3 is 0 Å². The van der Waals surface area contributed by atoms with Gasteiger partial charge < -0.3 is 9.52 Å². The van der Waals surface area contributed by atoms with Crippen LogP contribution in [0.25, 0.3) is 11.0 Å². The van der Waals surface area contributed by atoms with E-state index in [1.807, 2.05) is 0 Å². The first kappa shape index (κ1) is 20.8. The summed E-state index contributed by atoms with van der Waals surface area (Å²) in [6.45, 7) is 0. The van der Waals surface area contributed by atoms with E-state index >= 15 is 0 Å². The van der Waals surface area contributed by atoms with Gasteiger partial charge in [0.15, 0.2) is 23.2 Å². The van der Waals surface area contributed by atoms with Crippen LogP contribution in [0.3, 0.4) is 0 Å². The molecule has 2 aromatic carbocycles. The van der Waals surface area contributed by atoms with Crippen LogP contribution in [-0.4, -0.2) is 21.8 Å². The van der Waals surface area contributed by atoms with E-state index in [0.29, 0.717) is 16.0 Å². The third kappa shape index (κ3) is 3.44. The normalized spacial score (nSPS) is 16.2. The van der Waals surface area contributed by atoms with E-state index in [0.717, 1.165) is 17.0 Å². The number of halogens is 3. The maximum atomic E-state index is 14.0. The molecule has 0 spiro atoms. The van der Waals surface area contributed by atoms with Crippen molar-refractivity contribution in [2.75, 3.05) is 4.90 Å². The first-order valence-corrected chi connectivity index (χ1v) is 10.1. The maximum Gasteiger partial charge on any atom is 0.294 e. The molecule has 2 aromatic heterocycles. The van der Waals surface area contributed by atoms with Crippen molar-refractivity contribution in [1.29, 1.82) is 0 Å². The molecule has 0 bridgehead atoms. The third-order valence-corrected chi connectivity index (χ3v) is 5.54. The fourth-order valence-electron chi connectivity index (χ4n) is 3.81. The molecule has 164 valence electrons. The second-order valence-corrected chi connectivity index (χ2v) is 7.75. The molecule has 1 N–H and O–H groups in total. The fourth-order valence-corrected chi connectivity index (χ4v) is 4.00. The van der Waals surface area contributed by atoms with Crippen LogP contribution in [-0.2, 0) is 4.79 Å². The number of amides is 1. The number of aliphatic hydroxyl groups is 1. The topological polar surface area (TPSA) is 83.6 Å². The number of fused-ring (bicyclic) bond motifs is 1. The minimum Gasteiger partial charge on any atom is -0.503 e. The molecule has 1 atom stereocenters. The lowest BCUT2D eigenvalue weighted by Crippen LogP contribution is -2.31. The Morgan fingerprint density at radius 1 is 1.06 bits per heavy atom. The molecule has 33 heavy (non-hydrogen) atoms. The van der Waals surface area contributed by atoms with Crippen molar-refractivity contribution in [2.24, 2.45) is 0 Å². The van der Waals surface area contributed by atoms with Crippen LogP contribution in [0.1, 0.15) is 22.3 Å². The zero-order valence-electron chi connectivity index (χ0n) is 16.6. The van der Waals surface area contributed by atoms with Gasteiger partial charge in [-0.2, -0.15) is 0 Å². The lowest BCUT2D eigenvalue weighted by atomic mass is 9.98. The second kappa shape index (κ2) is 7.83. The summed E-state index contributed by atoms with van der Waals surface area (Å²) in [6.07, 6.45) is 1.45. The first-order chi connectivity index (χ1) is 15.8. The lowest BCUT2D eigenvalue weighted by Gasteiger charge is -2.26. The fraction of sp³-hybridized carbons (Fsp3) is 0.0417. The number of aromatic nitrogens is 1. The molecule has 3 heterocycles. The Labute approximate surface area is 190 Å². The smallest absolute Gasteiger partial charge is 0.294 e. The number of ketones is 1. The van der Waals surface area contributed by atoms with E-state index in [1.165, 1.54) is 18.3 Å². The number of nitrogens with zero attached hydrogens (tertiary/aromatic N) is 2. The molecule has 1 aliphatic rings. The van der Waals surface area contributed by atoms with Gasteiger partial charge in [-0.15, -0.1) is 0 Å². The molecule has 6 nitrogen and oxygen atoms in total. The standard InChI is InChI=1S/C24H13ClF2N2O4/c25-13-4-7-18-12(9-13)10-19(33-18)22(30)20-21(17-3-1-2-8-28-17)29(24(32)23(20)31)14-5-6-15(26)16(27)11-14/h1-11,21,31H. The van der Waals surface area contributed by atoms with Crippen LogP contribution < -0.4 is 4.90 Å². The number of rotatable bonds is 4. The Morgan fingerprint density at radius 2 is 1.88 bits per heavy atom. The molecule has 0 saturated carbocycles. The van der Waals surface area contributed by atoms with E-state index in [1.54, 1.807) is 36.4 Å². The Kier molecular flexibility index (Phi) is 4.94. The molecule has 9 heteroatoms. The van der Waals surface area contributed by atoms with Crippen molar-refractivity contribution in [3.63, 3.8) is 0 Å². The van der Waals surface area contributed by atoms with Crippen molar-refractivity contribution >= 4 is 39.9 Å². The molecule has 5 rings (SSSR count). The zero-order valence-corrected chi connectivity index (χ0v) is 17.4. The molecular weight excluding hydrogens is 454 g/mol. The van der Waals surface area contributed by atoms with Crippen LogP contribution in [0.2, 0.25) is 5.02 Å². The highest BCUT2D eigenvalue weighted by Crippen LogP contribution is 2.42. The minimum absolute atomic E-state index is 0.0553. The van der Waals surface area contributed by atoms with Crippen LogP contribution >= 0.6 is 11.6 Å². The van der Waals surface area contributed by atoms with Gasteiger partial charge in [0.25, 0.3) is 5.91 Å². The number of carbonyl (C=O) groups excluding carboxylic acids is 2. The number of hydrogen-bond donors (Lipinski definition) is 1. The Bertz CT molecular complexity index is 1470. The first-order valence-electron chi connectivity index (χ1n) is 9.71. The Hall–Kier alpha value is -4.04. The summed E-state index contributed by atoms with van der Waals surface area (Å²) in [4.78, 5) is 31.7. The molecule has 1 amide bonds. The highest BCUT2D eigenvalue weighted by molar-refractivity contribution is 6.31. The number of hydrogen-bond acceptors (Lipinski definition) is 5. The van der Waals surface area contributed by atoms with Crippen LogP contribution in [0.4, 0.5) is 14.5 Å². The molecular formula is C24H13ClF2N2O4. The predicted molar refractivity (Wildman–Crippen MR) is 116 cm³/mol. The Morgan fingerprint density at radius 3 is 2.61 bits per heavy atom. The lowest BCUT2D eigenvalue weighted by molar-refractivity contribution is -0.117. The molecule has 4 aromatic rings. The third-order valence-electron chi connectivity index (χ3n) is 5.30. The SMILES string of the molecule is O=C(C1=C(O)C(=O)N(c2ccc(F)c(F)c2)C1c1ccccn1)c1cc2cc(Cl)ccc2o1. The largest absolute Gasteiger partial charge is 0.503 e. The van der Waals surface area contributed by atoms with Crippen molar-refractivity contribution in [3.05, 3.63) is 106 Å². The second-order valence-electron chi connectivity index (χ2n) is 7.31. The highest BCUT2D eigenvalue weighted by Gasteiger charge is 2.46. The van der Waals surface area contributed by atoms with Gasteiger partial charge in [-0.3, -0.25) is 19.5 Å². The molecule has 0 saturated heterocycles.